The van der Waals surface area contributed by atoms with Crippen LogP contribution in [0.2, 0.25) is 0 Å². The maximum absolute atomic E-state index is 11.5. The van der Waals surface area contributed by atoms with Crippen molar-refractivity contribution in [1.82, 2.24) is 10.6 Å². The average molecular weight is 249 g/mol. The molecule has 1 aromatic rings. The molecule has 1 aromatic carbocycles. The summed E-state index contributed by atoms with van der Waals surface area (Å²) >= 11 is 0. The van der Waals surface area contributed by atoms with Crippen LogP contribution in [0.25, 0.3) is 0 Å². The molecule has 0 aliphatic carbocycles. The Kier molecular flexibility index (Phi) is 6.87. The van der Waals surface area contributed by atoms with E-state index in [0.29, 0.717) is 6.54 Å². The molecule has 0 unspecified atom stereocenters. The summed E-state index contributed by atoms with van der Waals surface area (Å²) in [6, 6.07) is 7.76. The standard InChI is InChI=1S/C14H23N3O/c1-3-8-15-11-12-6-5-7-13(10-12)17-14(18)16-9-4-2/h5-7,10,15H,3-4,8-9,11H2,1-2H3,(H2,16,17,18). The molecule has 0 aromatic heterocycles. The lowest BCUT2D eigenvalue weighted by Crippen LogP contribution is -2.29. The number of amides is 2. The molecule has 0 saturated heterocycles. The minimum atomic E-state index is -0.143. The Balaban J connectivity index is 2.45. The average Bonchev–Trinajstić information content (AvgIpc) is 2.37. The van der Waals surface area contributed by atoms with Crippen LogP contribution in [0.4, 0.5) is 10.5 Å². The molecule has 0 fully saturated rings. The first-order chi connectivity index (χ1) is 8.76. The number of rotatable bonds is 7. The van der Waals surface area contributed by atoms with Gasteiger partial charge < -0.3 is 16.0 Å². The predicted molar refractivity (Wildman–Crippen MR) is 75.8 cm³/mol. The van der Waals surface area contributed by atoms with Crippen molar-refractivity contribution in [1.29, 1.82) is 0 Å². The van der Waals surface area contributed by atoms with Crippen molar-refractivity contribution in [3.63, 3.8) is 0 Å². The highest BCUT2D eigenvalue weighted by molar-refractivity contribution is 5.89. The summed E-state index contributed by atoms with van der Waals surface area (Å²) in [6.45, 7) is 6.71. The van der Waals surface area contributed by atoms with Gasteiger partial charge in [0.25, 0.3) is 0 Å². The topological polar surface area (TPSA) is 53.2 Å². The molecular weight excluding hydrogens is 226 g/mol. The van der Waals surface area contributed by atoms with E-state index in [1.54, 1.807) is 0 Å². The van der Waals surface area contributed by atoms with Gasteiger partial charge in [0.1, 0.15) is 0 Å². The molecule has 0 aliphatic rings. The minimum absolute atomic E-state index is 0.143. The third-order valence-corrected chi connectivity index (χ3v) is 2.48. The molecule has 2 amide bonds. The zero-order chi connectivity index (χ0) is 13.2. The molecule has 0 aliphatic heterocycles. The second kappa shape index (κ2) is 8.53. The number of hydrogen-bond acceptors (Lipinski definition) is 2. The Labute approximate surface area is 109 Å². The highest BCUT2D eigenvalue weighted by Gasteiger charge is 2.01. The Morgan fingerprint density at radius 3 is 2.67 bits per heavy atom. The maximum Gasteiger partial charge on any atom is 0.319 e. The van der Waals surface area contributed by atoms with E-state index in [1.165, 1.54) is 5.56 Å². The van der Waals surface area contributed by atoms with E-state index in [0.717, 1.165) is 31.6 Å². The number of carbonyl (C=O) groups is 1. The van der Waals surface area contributed by atoms with Gasteiger partial charge in [-0.3, -0.25) is 0 Å². The number of hydrogen-bond donors (Lipinski definition) is 3. The first kappa shape index (κ1) is 14.5. The predicted octanol–water partition coefficient (Wildman–Crippen LogP) is 2.72. The molecule has 0 spiro atoms. The largest absolute Gasteiger partial charge is 0.338 e. The van der Waals surface area contributed by atoms with Crippen molar-refractivity contribution in [2.24, 2.45) is 0 Å². The SMILES string of the molecule is CCCNCc1cccc(NC(=O)NCCC)c1. The van der Waals surface area contributed by atoms with Gasteiger partial charge in [-0.15, -0.1) is 0 Å². The smallest absolute Gasteiger partial charge is 0.319 e. The lowest BCUT2D eigenvalue weighted by molar-refractivity contribution is 0.252. The fourth-order valence-electron chi connectivity index (χ4n) is 1.58. The van der Waals surface area contributed by atoms with Gasteiger partial charge in [-0.05, 0) is 37.1 Å². The van der Waals surface area contributed by atoms with Crippen molar-refractivity contribution in [3.05, 3.63) is 29.8 Å². The van der Waals surface area contributed by atoms with Gasteiger partial charge in [-0.2, -0.15) is 0 Å². The lowest BCUT2D eigenvalue weighted by atomic mass is 10.2. The van der Waals surface area contributed by atoms with Gasteiger partial charge in [0.05, 0.1) is 0 Å². The van der Waals surface area contributed by atoms with Crippen LogP contribution in [0.1, 0.15) is 32.3 Å². The summed E-state index contributed by atoms with van der Waals surface area (Å²) in [4.78, 5) is 11.5. The summed E-state index contributed by atoms with van der Waals surface area (Å²) < 4.78 is 0. The molecular formula is C14H23N3O. The highest BCUT2D eigenvalue weighted by atomic mass is 16.2. The van der Waals surface area contributed by atoms with Crippen LogP contribution in [-0.4, -0.2) is 19.1 Å². The van der Waals surface area contributed by atoms with Gasteiger partial charge in [0.15, 0.2) is 0 Å². The molecule has 0 atom stereocenters. The van der Waals surface area contributed by atoms with E-state index in [2.05, 4.69) is 28.9 Å². The number of nitrogens with one attached hydrogen (secondary N) is 3. The third-order valence-electron chi connectivity index (χ3n) is 2.48. The molecule has 4 nitrogen and oxygen atoms in total. The van der Waals surface area contributed by atoms with E-state index in [-0.39, 0.29) is 6.03 Å². The Morgan fingerprint density at radius 1 is 1.17 bits per heavy atom. The summed E-state index contributed by atoms with van der Waals surface area (Å²) in [6.07, 6.45) is 2.06. The third kappa shape index (κ3) is 5.68. The number of anilines is 1. The molecule has 0 bridgehead atoms. The van der Waals surface area contributed by atoms with Crippen LogP contribution in [-0.2, 0) is 6.54 Å². The second-order valence-corrected chi connectivity index (χ2v) is 4.26. The van der Waals surface area contributed by atoms with Gasteiger partial charge in [-0.25, -0.2) is 4.79 Å². The van der Waals surface area contributed by atoms with E-state index < -0.39 is 0 Å². The first-order valence-corrected chi connectivity index (χ1v) is 6.60. The summed E-state index contributed by atoms with van der Waals surface area (Å²) in [5.41, 5.74) is 2.01. The van der Waals surface area contributed by atoms with Crippen LogP contribution in [0.5, 0.6) is 0 Å². The number of benzene rings is 1. The normalized spacial score (nSPS) is 10.1. The van der Waals surface area contributed by atoms with Gasteiger partial charge in [-0.1, -0.05) is 26.0 Å². The van der Waals surface area contributed by atoms with Crippen molar-refractivity contribution in [2.45, 2.75) is 33.2 Å². The molecule has 0 radical (unpaired) electrons. The van der Waals surface area contributed by atoms with Crippen LogP contribution in [0.15, 0.2) is 24.3 Å². The van der Waals surface area contributed by atoms with E-state index in [4.69, 9.17) is 0 Å². The molecule has 3 N–H and O–H groups in total. The zero-order valence-corrected chi connectivity index (χ0v) is 11.3. The molecule has 0 heterocycles. The van der Waals surface area contributed by atoms with Crippen LogP contribution < -0.4 is 16.0 Å². The monoisotopic (exact) mass is 249 g/mol. The summed E-state index contributed by atoms with van der Waals surface area (Å²) in [5.74, 6) is 0. The number of carbonyl (C=O) groups excluding carboxylic acids is 1. The van der Waals surface area contributed by atoms with Gasteiger partial charge in [0.2, 0.25) is 0 Å². The second-order valence-electron chi connectivity index (χ2n) is 4.26. The van der Waals surface area contributed by atoms with Crippen molar-refractivity contribution in [2.75, 3.05) is 18.4 Å². The Morgan fingerprint density at radius 2 is 1.94 bits per heavy atom. The minimum Gasteiger partial charge on any atom is -0.338 e. The Bertz CT molecular complexity index is 366. The fourth-order valence-corrected chi connectivity index (χ4v) is 1.58. The molecule has 4 heteroatoms. The molecule has 1 rings (SSSR count). The van der Waals surface area contributed by atoms with Gasteiger partial charge >= 0.3 is 6.03 Å². The number of urea groups is 1. The van der Waals surface area contributed by atoms with E-state index in [1.807, 2.05) is 25.1 Å². The van der Waals surface area contributed by atoms with Crippen LogP contribution in [0.3, 0.4) is 0 Å². The van der Waals surface area contributed by atoms with Crippen molar-refractivity contribution < 1.29 is 4.79 Å². The molecule has 18 heavy (non-hydrogen) atoms. The summed E-state index contributed by atoms with van der Waals surface area (Å²) in [5, 5.41) is 8.95. The lowest BCUT2D eigenvalue weighted by Gasteiger charge is -2.09. The molecule has 100 valence electrons. The quantitative estimate of drug-likeness (QED) is 0.651. The van der Waals surface area contributed by atoms with E-state index in [9.17, 15) is 4.79 Å². The van der Waals surface area contributed by atoms with E-state index >= 15 is 0 Å². The summed E-state index contributed by atoms with van der Waals surface area (Å²) in [7, 11) is 0. The molecule has 0 saturated carbocycles. The van der Waals surface area contributed by atoms with Crippen molar-refractivity contribution in [3.8, 4) is 0 Å². The van der Waals surface area contributed by atoms with Crippen LogP contribution in [0, 0.1) is 0 Å². The zero-order valence-electron chi connectivity index (χ0n) is 11.3. The fraction of sp³-hybridized carbons (Fsp3) is 0.500. The van der Waals surface area contributed by atoms with Crippen LogP contribution >= 0.6 is 0 Å². The maximum atomic E-state index is 11.5. The van der Waals surface area contributed by atoms with Gasteiger partial charge in [0, 0.05) is 18.8 Å². The Hall–Kier alpha value is -1.55. The highest BCUT2D eigenvalue weighted by Crippen LogP contribution is 2.10. The van der Waals surface area contributed by atoms with Crippen molar-refractivity contribution >= 4 is 11.7 Å². The first-order valence-electron chi connectivity index (χ1n) is 6.60.